The Hall–Kier alpha value is -0.900. The topological polar surface area (TPSA) is 38.7 Å². The van der Waals surface area contributed by atoms with Crippen LogP contribution in [0.3, 0.4) is 0 Å². The first kappa shape index (κ1) is 12.6. The average molecular weight is 236 g/mol. The largest absolute Gasteiger partial charge is 0.388 e. The van der Waals surface area contributed by atoms with E-state index in [9.17, 15) is 5.11 Å². The zero-order valence-corrected chi connectivity index (χ0v) is 10.3. The van der Waals surface area contributed by atoms with Crippen LogP contribution in [0.15, 0.2) is 24.3 Å². The summed E-state index contributed by atoms with van der Waals surface area (Å²) in [5, 5.41) is 10.3. The van der Waals surface area contributed by atoms with Crippen LogP contribution < -0.4 is 0 Å². The Bertz CT molecular complexity index is 328. The molecule has 1 N–H and O–H groups in total. The molecule has 1 aromatic carbocycles. The van der Waals surface area contributed by atoms with Crippen LogP contribution in [0, 0.1) is 5.92 Å². The van der Waals surface area contributed by atoms with Gasteiger partial charge in [0, 0.05) is 20.3 Å². The molecule has 0 aromatic heterocycles. The van der Waals surface area contributed by atoms with Crippen LogP contribution in [-0.4, -0.2) is 25.4 Å². The van der Waals surface area contributed by atoms with E-state index in [1.165, 1.54) is 0 Å². The molecule has 94 valence electrons. The van der Waals surface area contributed by atoms with E-state index in [0.29, 0.717) is 12.5 Å². The number of aliphatic hydroxyl groups is 1. The molecule has 1 heterocycles. The summed E-state index contributed by atoms with van der Waals surface area (Å²) in [6, 6.07) is 8.02. The molecular formula is C14H20O3. The highest BCUT2D eigenvalue weighted by molar-refractivity contribution is 5.24. The fraction of sp³-hybridized carbons (Fsp3) is 0.571. The zero-order chi connectivity index (χ0) is 12.1. The third-order valence-corrected chi connectivity index (χ3v) is 3.34. The normalized spacial score (nSPS) is 19.2. The first-order valence-corrected chi connectivity index (χ1v) is 6.15. The van der Waals surface area contributed by atoms with Gasteiger partial charge in [0.2, 0.25) is 0 Å². The lowest BCUT2D eigenvalue weighted by Gasteiger charge is -2.27. The third-order valence-electron chi connectivity index (χ3n) is 3.34. The van der Waals surface area contributed by atoms with Gasteiger partial charge in [-0.1, -0.05) is 24.3 Å². The molecule has 1 unspecified atom stereocenters. The van der Waals surface area contributed by atoms with Gasteiger partial charge in [-0.25, -0.2) is 0 Å². The minimum Gasteiger partial charge on any atom is -0.388 e. The Morgan fingerprint density at radius 1 is 1.29 bits per heavy atom. The van der Waals surface area contributed by atoms with Gasteiger partial charge in [-0.2, -0.15) is 0 Å². The number of rotatable bonds is 4. The van der Waals surface area contributed by atoms with E-state index in [-0.39, 0.29) is 6.10 Å². The van der Waals surface area contributed by atoms with E-state index in [0.717, 1.165) is 37.2 Å². The maximum Gasteiger partial charge on any atom is 0.0819 e. The first-order chi connectivity index (χ1) is 8.31. The Morgan fingerprint density at radius 2 is 1.94 bits per heavy atom. The van der Waals surface area contributed by atoms with Gasteiger partial charge in [0.1, 0.15) is 0 Å². The van der Waals surface area contributed by atoms with Gasteiger partial charge in [-0.15, -0.1) is 0 Å². The van der Waals surface area contributed by atoms with E-state index in [4.69, 9.17) is 9.47 Å². The SMILES string of the molecule is COCc1ccc(C(O)C2CCOCC2)cc1. The summed E-state index contributed by atoms with van der Waals surface area (Å²) in [6.45, 7) is 2.15. The van der Waals surface area contributed by atoms with Gasteiger partial charge in [0.25, 0.3) is 0 Å². The summed E-state index contributed by atoms with van der Waals surface area (Å²) in [7, 11) is 1.69. The highest BCUT2D eigenvalue weighted by Crippen LogP contribution is 2.29. The van der Waals surface area contributed by atoms with Crippen molar-refractivity contribution in [2.24, 2.45) is 5.92 Å². The molecule has 1 atom stereocenters. The Labute approximate surface area is 102 Å². The van der Waals surface area contributed by atoms with Crippen LogP contribution in [0.4, 0.5) is 0 Å². The highest BCUT2D eigenvalue weighted by atomic mass is 16.5. The molecule has 0 radical (unpaired) electrons. The summed E-state index contributed by atoms with van der Waals surface area (Å²) < 4.78 is 10.4. The molecule has 3 heteroatoms. The summed E-state index contributed by atoms with van der Waals surface area (Å²) in [5.41, 5.74) is 2.13. The summed E-state index contributed by atoms with van der Waals surface area (Å²) in [5.74, 6) is 0.331. The maximum absolute atomic E-state index is 10.3. The lowest BCUT2D eigenvalue weighted by atomic mass is 9.89. The van der Waals surface area contributed by atoms with Crippen molar-refractivity contribution >= 4 is 0 Å². The number of benzene rings is 1. The lowest BCUT2D eigenvalue weighted by Crippen LogP contribution is -2.21. The summed E-state index contributed by atoms with van der Waals surface area (Å²) in [6.07, 6.45) is 1.53. The van der Waals surface area contributed by atoms with Gasteiger partial charge in [-0.05, 0) is 29.9 Å². The van der Waals surface area contributed by atoms with Crippen molar-refractivity contribution in [1.82, 2.24) is 0 Å². The molecule has 17 heavy (non-hydrogen) atoms. The molecule has 2 rings (SSSR count). The van der Waals surface area contributed by atoms with Crippen molar-refractivity contribution in [3.8, 4) is 0 Å². The van der Waals surface area contributed by atoms with Crippen molar-refractivity contribution in [3.63, 3.8) is 0 Å². The van der Waals surface area contributed by atoms with Crippen LogP contribution in [0.25, 0.3) is 0 Å². The van der Waals surface area contributed by atoms with Gasteiger partial charge in [0.05, 0.1) is 12.7 Å². The molecule has 0 bridgehead atoms. The van der Waals surface area contributed by atoms with E-state index in [2.05, 4.69) is 0 Å². The quantitative estimate of drug-likeness (QED) is 0.871. The molecule has 0 aliphatic carbocycles. The molecule has 1 aromatic rings. The van der Waals surface area contributed by atoms with Crippen molar-refractivity contribution in [2.75, 3.05) is 20.3 Å². The second-order valence-corrected chi connectivity index (χ2v) is 4.57. The van der Waals surface area contributed by atoms with Crippen molar-refractivity contribution in [3.05, 3.63) is 35.4 Å². The second-order valence-electron chi connectivity index (χ2n) is 4.57. The lowest BCUT2D eigenvalue weighted by molar-refractivity contribution is 0.00717. The van der Waals surface area contributed by atoms with Crippen LogP contribution in [-0.2, 0) is 16.1 Å². The molecule has 1 fully saturated rings. The molecule has 0 saturated carbocycles. The van der Waals surface area contributed by atoms with Crippen molar-refractivity contribution < 1.29 is 14.6 Å². The summed E-state index contributed by atoms with van der Waals surface area (Å²) in [4.78, 5) is 0. The second kappa shape index (κ2) is 6.15. The molecule has 0 spiro atoms. The predicted octanol–water partition coefficient (Wildman–Crippen LogP) is 2.29. The number of hydrogen-bond acceptors (Lipinski definition) is 3. The average Bonchev–Trinajstić information content (AvgIpc) is 2.40. The fourth-order valence-electron chi connectivity index (χ4n) is 2.28. The molecule has 0 amide bonds. The molecule has 1 saturated heterocycles. The van der Waals surface area contributed by atoms with Gasteiger partial charge >= 0.3 is 0 Å². The molecule has 3 nitrogen and oxygen atoms in total. The number of ether oxygens (including phenoxy) is 2. The highest BCUT2D eigenvalue weighted by Gasteiger charge is 2.23. The molecule has 1 aliphatic heterocycles. The first-order valence-electron chi connectivity index (χ1n) is 6.15. The smallest absolute Gasteiger partial charge is 0.0819 e. The Balaban J connectivity index is 2.00. The van der Waals surface area contributed by atoms with Gasteiger partial charge < -0.3 is 14.6 Å². The zero-order valence-electron chi connectivity index (χ0n) is 10.3. The predicted molar refractivity (Wildman–Crippen MR) is 65.7 cm³/mol. The van der Waals surface area contributed by atoms with E-state index in [1.807, 2.05) is 24.3 Å². The van der Waals surface area contributed by atoms with Gasteiger partial charge in [0.15, 0.2) is 0 Å². The molecule has 1 aliphatic rings. The number of aliphatic hydroxyl groups excluding tert-OH is 1. The Kier molecular flexibility index (Phi) is 4.54. The minimum atomic E-state index is -0.365. The number of methoxy groups -OCH3 is 1. The maximum atomic E-state index is 10.3. The minimum absolute atomic E-state index is 0.331. The van der Waals surface area contributed by atoms with E-state index < -0.39 is 0 Å². The van der Waals surface area contributed by atoms with Crippen molar-refractivity contribution in [2.45, 2.75) is 25.6 Å². The molecular weight excluding hydrogens is 216 g/mol. The third kappa shape index (κ3) is 3.28. The van der Waals surface area contributed by atoms with Crippen LogP contribution in [0.1, 0.15) is 30.1 Å². The fourth-order valence-corrected chi connectivity index (χ4v) is 2.28. The van der Waals surface area contributed by atoms with Crippen molar-refractivity contribution in [1.29, 1.82) is 0 Å². The monoisotopic (exact) mass is 236 g/mol. The van der Waals surface area contributed by atoms with E-state index >= 15 is 0 Å². The van der Waals surface area contributed by atoms with Crippen LogP contribution in [0.2, 0.25) is 0 Å². The Morgan fingerprint density at radius 3 is 2.53 bits per heavy atom. The van der Waals surface area contributed by atoms with Gasteiger partial charge in [-0.3, -0.25) is 0 Å². The van der Waals surface area contributed by atoms with Crippen LogP contribution >= 0.6 is 0 Å². The van der Waals surface area contributed by atoms with Crippen LogP contribution in [0.5, 0.6) is 0 Å². The standard InChI is InChI=1S/C14H20O3/c1-16-10-11-2-4-12(5-3-11)14(15)13-6-8-17-9-7-13/h2-5,13-15H,6-10H2,1H3. The van der Waals surface area contributed by atoms with E-state index in [1.54, 1.807) is 7.11 Å². The summed E-state index contributed by atoms with van der Waals surface area (Å²) >= 11 is 0. The number of hydrogen-bond donors (Lipinski definition) is 1.